The van der Waals surface area contributed by atoms with Crippen LogP contribution < -0.4 is 0 Å². The van der Waals surface area contributed by atoms with Crippen LogP contribution in [-0.4, -0.2) is 17.7 Å². The van der Waals surface area contributed by atoms with Gasteiger partial charge in [-0.1, -0.05) is 72.8 Å². The summed E-state index contributed by atoms with van der Waals surface area (Å²) in [5, 5.41) is 8.72. The maximum absolute atomic E-state index is 10.6. The van der Waals surface area contributed by atoms with Gasteiger partial charge in [-0.25, -0.2) is 0 Å². The largest absolute Gasteiger partial charge is 0.481 e. The number of hydrogen-bond acceptors (Lipinski definition) is 3. The van der Waals surface area contributed by atoms with Gasteiger partial charge in [-0.15, -0.1) is 0 Å². The van der Waals surface area contributed by atoms with Gasteiger partial charge in [-0.05, 0) is 18.4 Å². The van der Waals surface area contributed by atoms with Crippen molar-refractivity contribution >= 4 is 5.97 Å². The summed E-state index contributed by atoms with van der Waals surface area (Å²) in [4.78, 5) is 10.6. The van der Waals surface area contributed by atoms with Crippen molar-refractivity contribution in [3.8, 4) is 0 Å². The van der Waals surface area contributed by atoms with E-state index >= 15 is 0 Å². The lowest BCUT2D eigenvalue weighted by Crippen LogP contribution is -2.30. The highest BCUT2D eigenvalue weighted by Crippen LogP contribution is 2.39. The van der Waals surface area contributed by atoms with Crippen molar-refractivity contribution in [1.82, 2.24) is 0 Å². The Kier molecular flexibility index (Phi) is 6.58. The Morgan fingerprint density at radius 1 is 1.00 bits per heavy atom. The first-order chi connectivity index (χ1) is 12.7. The average molecular weight is 352 g/mol. The minimum atomic E-state index is -0.771. The fourth-order valence-electron chi connectivity index (χ4n) is 3.15. The van der Waals surface area contributed by atoms with Crippen molar-refractivity contribution in [3.05, 3.63) is 83.9 Å². The minimum Gasteiger partial charge on any atom is -0.481 e. The van der Waals surface area contributed by atoms with Crippen LogP contribution in [0.25, 0.3) is 0 Å². The van der Waals surface area contributed by atoms with E-state index in [9.17, 15) is 4.79 Å². The van der Waals surface area contributed by atoms with Crippen molar-refractivity contribution < 1.29 is 19.4 Å². The van der Waals surface area contributed by atoms with E-state index in [0.29, 0.717) is 13.0 Å². The molecule has 1 saturated heterocycles. The number of carboxylic acids is 1. The second-order valence-electron chi connectivity index (χ2n) is 6.44. The third-order valence-electron chi connectivity index (χ3n) is 4.49. The monoisotopic (exact) mass is 352 g/mol. The SMILES string of the molecule is O=C(O)CC/C=C\C[C@@H]1CO[C@H](c2ccccc2)O[C@@H]1c1ccccc1. The highest BCUT2D eigenvalue weighted by atomic mass is 16.7. The highest BCUT2D eigenvalue weighted by Gasteiger charge is 2.33. The van der Waals surface area contributed by atoms with Gasteiger partial charge in [0.15, 0.2) is 6.29 Å². The van der Waals surface area contributed by atoms with E-state index in [2.05, 4.69) is 12.1 Å². The van der Waals surface area contributed by atoms with Gasteiger partial charge < -0.3 is 14.6 Å². The van der Waals surface area contributed by atoms with Crippen LogP contribution in [0.4, 0.5) is 0 Å². The fourth-order valence-corrected chi connectivity index (χ4v) is 3.15. The van der Waals surface area contributed by atoms with E-state index in [1.165, 1.54) is 0 Å². The van der Waals surface area contributed by atoms with E-state index in [0.717, 1.165) is 17.5 Å². The zero-order chi connectivity index (χ0) is 18.2. The number of allylic oxidation sites excluding steroid dienone is 2. The van der Waals surface area contributed by atoms with Crippen LogP contribution in [0.2, 0.25) is 0 Å². The summed E-state index contributed by atoms with van der Waals surface area (Å²) < 4.78 is 12.3. The Bertz CT molecular complexity index is 711. The summed E-state index contributed by atoms with van der Waals surface area (Å²) in [5.41, 5.74) is 2.16. The van der Waals surface area contributed by atoms with Crippen molar-refractivity contribution in [2.24, 2.45) is 5.92 Å². The van der Waals surface area contributed by atoms with Gasteiger partial charge >= 0.3 is 5.97 Å². The van der Waals surface area contributed by atoms with Crippen molar-refractivity contribution in [1.29, 1.82) is 0 Å². The summed E-state index contributed by atoms with van der Waals surface area (Å²) in [5.74, 6) is -0.578. The normalized spacial score (nSPS) is 23.2. The first-order valence-corrected chi connectivity index (χ1v) is 8.98. The Morgan fingerprint density at radius 3 is 2.31 bits per heavy atom. The minimum absolute atomic E-state index is 0.0562. The van der Waals surface area contributed by atoms with Crippen LogP contribution in [-0.2, 0) is 14.3 Å². The molecule has 1 heterocycles. The number of carbonyl (C=O) groups is 1. The second-order valence-corrected chi connectivity index (χ2v) is 6.44. The van der Waals surface area contributed by atoms with Crippen LogP contribution >= 0.6 is 0 Å². The quantitative estimate of drug-likeness (QED) is 0.720. The molecule has 2 aromatic carbocycles. The molecule has 1 N–H and O–H groups in total. The topological polar surface area (TPSA) is 55.8 Å². The molecular formula is C22H24O4. The molecule has 0 saturated carbocycles. The van der Waals surface area contributed by atoms with E-state index in [-0.39, 0.29) is 24.7 Å². The van der Waals surface area contributed by atoms with Crippen LogP contribution in [0.3, 0.4) is 0 Å². The third-order valence-corrected chi connectivity index (χ3v) is 4.49. The summed E-state index contributed by atoms with van der Waals surface area (Å²) in [6.45, 7) is 0.600. The van der Waals surface area contributed by atoms with Crippen LogP contribution in [0, 0.1) is 5.92 Å². The molecule has 0 radical (unpaired) electrons. The Morgan fingerprint density at radius 2 is 1.65 bits per heavy atom. The summed E-state index contributed by atoms with van der Waals surface area (Å²) in [7, 11) is 0. The van der Waals surface area contributed by atoms with E-state index in [4.69, 9.17) is 14.6 Å². The van der Waals surface area contributed by atoms with Gasteiger partial charge in [0, 0.05) is 17.9 Å². The van der Waals surface area contributed by atoms with Gasteiger partial charge in [0.1, 0.15) is 0 Å². The molecule has 0 bridgehead atoms. The zero-order valence-electron chi connectivity index (χ0n) is 14.7. The van der Waals surface area contributed by atoms with Crippen LogP contribution in [0.1, 0.15) is 42.8 Å². The second kappa shape index (κ2) is 9.32. The molecule has 1 aliphatic heterocycles. The third kappa shape index (κ3) is 5.04. The molecular weight excluding hydrogens is 328 g/mol. The molecule has 4 heteroatoms. The molecule has 3 atom stereocenters. The number of aliphatic carboxylic acids is 1. The smallest absolute Gasteiger partial charge is 0.303 e. The van der Waals surface area contributed by atoms with Crippen molar-refractivity contribution in [2.75, 3.05) is 6.61 Å². The molecule has 0 unspecified atom stereocenters. The number of ether oxygens (including phenoxy) is 2. The predicted molar refractivity (Wildman–Crippen MR) is 99.5 cm³/mol. The molecule has 1 aliphatic rings. The average Bonchev–Trinajstić information content (AvgIpc) is 2.69. The molecule has 0 aromatic heterocycles. The molecule has 1 fully saturated rings. The molecule has 0 amide bonds. The lowest BCUT2D eigenvalue weighted by molar-refractivity contribution is -0.243. The first kappa shape index (κ1) is 18.4. The Hall–Kier alpha value is -2.43. The van der Waals surface area contributed by atoms with Crippen LogP contribution in [0.5, 0.6) is 0 Å². The first-order valence-electron chi connectivity index (χ1n) is 8.98. The molecule has 0 spiro atoms. The molecule has 2 aromatic rings. The van der Waals surface area contributed by atoms with Gasteiger partial charge in [-0.3, -0.25) is 4.79 Å². The lowest BCUT2D eigenvalue weighted by Gasteiger charge is -2.36. The van der Waals surface area contributed by atoms with Crippen molar-refractivity contribution in [2.45, 2.75) is 31.7 Å². The Labute approximate surface area is 154 Å². The predicted octanol–water partition coefficient (Wildman–Crippen LogP) is 4.90. The van der Waals surface area contributed by atoms with Gasteiger partial charge in [-0.2, -0.15) is 0 Å². The molecule has 4 nitrogen and oxygen atoms in total. The van der Waals surface area contributed by atoms with E-state index < -0.39 is 5.97 Å². The molecule has 26 heavy (non-hydrogen) atoms. The number of carboxylic acid groups (broad SMARTS) is 1. The maximum atomic E-state index is 10.6. The molecule has 3 rings (SSSR count). The zero-order valence-corrected chi connectivity index (χ0v) is 14.7. The fraction of sp³-hybridized carbons (Fsp3) is 0.318. The molecule has 136 valence electrons. The van der Waals surface area contributed by atoms with E-state index in [1.807, 2.05) is 60.7 Å². The highest BCUT2D eigenvalue weighted by molar-refractivity contribution is 5.66. The van der Waals surface area contributed by atoms with Crippen molar-refractivity contribution in [3.63, 3.8) is 0 Å². The number of benzene rings is 2. The Balaban J connectivity index is 1.69. The number of rotatable bonds is 7. The molecule has 0 aliphatic carbocycles. The summed E-state index contributed by atoms with van der Waals surface area (Å²) in [6, 6.07) is 20.2. The summed E-state index contributed by atoms with van der Waals surface area (Å²) in [6.07, 6.45) is 5.05. The number of hydrogen-bond donors (Lipinski definition) is 1. The lowest BCUT2D eigenvalue weighted by atomic mass is 9.92. The summed E-state index contributed by atoms with van der Waals surface area (Å²) >= 11 is 0. The van der Waals surface area contributed by atoms with Crippen LogP contribution in [0.15, 0.2) is 72.8 Å². The van der Waals surface area contributed by atoms with Gasteiger partial charge in [0.05, 0.1) is 12.7 Å². The standard InChI is InChI=1S/C22H24O4/c23-20(24)15-9-3-8-14-19-16-25-22(18-12-6-2-7-13-18)26-21(19)17-10-4-1-5-11-17/h1-8,10-13,19,21-22H,9,14-16H2,(H,23,24)/b8-3-/t19-,21-,22+/m1/s1. The van der Waals surface area contributed by atoms with E-state index in [1.54, 1.807) is 0 Å². The van der Waals surface area contributed by atoms with Gasteiger partial charge in [0.25, 0.3) is 0 Å². The maximum Gasteiger partial charge on any atom is 0.303 e. The van der Waals surface area contributed by atoms with Gasteiger partial charge in [0.2, 0.25) is 0 Å².